The zero-order valence-corrected chi connectivity index (χ0v) is 14.1. The summed E-state index contributed by atoms with van der Waals surface area (Å²) < 4.78 is 0. The molecule has 0 heterocycles. The first-order chi connectivity index (χ1) is 12.3. The summed E-state index contributed by atoms with van der Waals surface area (Å²) in [4.78, 5) is 0. The van der Waals surface area contributed by atoms with Crippen molar-refractivity contribution >= 4 is 6.08 Å². The van der Waals surface area contributed by atoms with Gasteiger partial charge in [0.25, 0.3) is 0 Å². The van der Waals surface area contributed by atoms with Crippen molar-refractivity contribution in [1.29, 1.82) is 0 Å². The molecule has 122 valence electrons. The second-order valence-corrected chi connectivity index (χ2v) is 7.04. The van der Waals surface area contributed by atoms with Crippen LogP contribution in [0.2, 0.25) is 0 Å². The fourth-order valence-corrected chi connectivity index (χ4v) is 4.52. The van der Waals surface area contributed by atoms with E-state index in [2.05, 4.69) is 54.6 Å². The van der Waals surface area contributed by atoms with Crippen molar-refractivity contribution in [3.63, 3.8) is 0 Å². The van der Waals surface area contributed by atoms with Gasteiger partial charge in [-0.15, -0.1) is 0 Å². The Bertz CT molecular complexity index is 997. The molecular weight excluding hydrogens is 304 g/mol. The van der Waals surface area contributed by atoms with Crippen LogP contribution in [-0.2, 0) is 12.8 Å². The molecule has 25 heavy (non-hydrogen) atoms. The van der Waals surface area contributed by atoms with E-state index >= 15 is 0 Å². The number of allylic oxidation sites excluding steroid dienone is 1. The van der Waals surface area contributed by atoms with Gasteiger partial charge in [0.1, 0.15) is 5.75 Å². The highest BCUT2D eigenvalue weighted by Gasteiger charge is 2.27. The third-order valence-electron chi connectivity index (χ3n) is 5.63. The molecule has 0 spiro atoms. The largest absolute Gasteiger partial charge is 0.508 e. The van der Waals surface area contributed by atoms with E-state index < -0.39 is 0 Å². The molecule has 0 bridgehead atoms. The topological polar surface area (TPSA) is 20.2 Å². The summed E-state index contributed by atoms with van der Waals surface area (Å²) >= 11 is 0. The van der Waals surface area contributed by atoms with Gasteiger partial charge in [-0.25, -0.2) is 0 Å². The second-order valence-electron chi connectivity index (χ2n) is 7.04. The Hall–Kier alpha value is -2.80. The van der Waals surface area contributed by atoms with Gasteiger partial charge in [0.05, 0.1) is 0 Å². The van der Waals surface area contributed by atoms with Crippen LogP contribution in [0.25, 0.3) is 17.2 Å². The smallest absolute Gasteiger partial charge is 0.115 e. The lowest BCUT2D eigenvalue weighted by Crippen LogP contribution is -2.14. The molecule has 0 aliphatic heterocycles. The number of aryl methyl sites for hydroxylation is 1. The highest BCUT2D eigenvalue weighted by molar-refractivity contribution is 5.78. The van der Waals surface area contributed by atoms with Crippen LogP contribution in [0.4, 0.5) is 0 Å². The molecule has 1 N–H and O–H groups in total. The lowest BCUT2D eigenvalue weighted by Gasteiger charge is -2.30. The molecule has 1 nitrogen and oxygen atoms in total. The van der Waals surface area contributed by atoms with Crippen molar-refractivity contribution in [2.75, 3.05) is 0 Å². The van der Waals surface area contributed by atoms with Gasteiger partial charge in [-0.2, -0.15) is 0 Å². The van der Waals surface area contributed by atoms with E-state index in [4.69, 9.17) is 0 Å². The number of hydrogen-bond donors (Lipinski definition) is 1. The molecule has 1 heteroatoms. The molecule has 1 unspecified atom stereocenters. The van der Waals surface area contributed by atoms with Crippen molar-refractivity contribution in [1.82, 2.24) is 0 Å². The SMILES string of the molecule is Oc1cccc(C2CC=Cc3ccc4c(c32)CCc2ccccc2-4)c1. The maximum atomic E-state index is 9.94. The maximum absolute atomic E-state index is 9.94. The van der Waals surface area contributed by atoms with Crippen LogP contribution < -0.4 is 0 Å². The Morgan fingerprint density at radius 3 is 2.68 bits per heavy atom. The Balaban J connectivity index is 1.73. The average molecular weight is 324 g/mol. The first-order valence-electron chi connectivity index (χ1n) is 9.01. The van der Waals surface area contributed by atoms with Crippen LogP contribution in [0.15, 0.2) is 66.7 Å². The van der Waals surface area contributed by atoms with E-state index in [9.17, 15) is 5.11 Å². The summed E-state index contributed by atoms with van der Waals surface area (Å²) in [6.07, 6.45) is 7.72. The van der Waals surface area contributed by atoms with Gasteiger partial charge in [0.15, 0.2) is 0 Å². The number of benzene rings is 3. The van der Waals surface area contributed by atoms with Crippen molar-refractivity contribution < 1.29 is 5.11 Å². The molecule has 0 saturated carbocycles. The quantitative estimate of drug-likeness (QED) is 0.608. The molecule has 0 radical (unpaired) electrons. The Labute approximate surface area is 148 Å². The lowest BCUT2D eigenvalue weighted by atomic mass is 9.74. The summed E-state index contributed by atoms with van der Waals surface area (Å²) in [6, 6.07) is 21.1. The first-order valence-corrected chi connectivity index (χ1v) is 9.01. The van der Waals surface area contributed by atoms with Crippen molar-refractivity contribution in [3.05, 3.63) is 94.6 Å². The predicted molar refractivity (Wildman–Crippen MR) is 103 cm³/mol. The normalized spacial score (nSPS) is 17.5. The number of aromatic hydroxyl groups is 1. The number of phenols is 1. The molecule has 0 amide bonds. The third-order valence-corrected chi connectivity index (χ3v) is 5.63. The number of fused-ring (bicyclic) bond motifs is 5. The standard InChI is InChI=1S/C24H20O/c25-19-8-3-7-18(15-19)21-10-4-6-17-12-13-22-20-9-2-1-5-16(20)11-14-23(22)24(17)21/h1-9,12-13,15,21,25H,10-11,14H2. The van der Waals surface area contributed by atoms with Crippen LogP contribution in [0.1, 0.15) is 40.2 Å². The maximum Gasteiger partial charge on any atom is 0.115 e. The van der Waals surface area contributed by atoms with E-state index in [1.165, 1.54) is 38.9 Å². The molecule has 2 aliphatic carbocycles. The zero-order chi connectivity index (χ0) is 16.8. The van der Waals surface area contributed by atoms with Crippen LogP contribution >= 0.6 is 0 Å². The van der Waals surface area contributed by atoms with Gasteiger partial charge < -0.3 is 5.11 Å². The first kappa shape index (κ1) is 14.5. The van der Waals surface area contributed by atoms with Gasteiger partial charge in [-0.05, 0) is 70.3 Å². The molecule has 0 saturated heterocycles. The molecule has 3 aromatic rings. The van der Waals surface area contributed by atoms with Crippen LogP contribution in [0.3, 0.4) is 0 Å². The minimum atomic E-state index is 0.326. The minimum absolute atomic E-state index is 0.326. The molecule has 3 aromatic carbocycles. The summed E-state index contributed by atoms with van der Waals surface area (Å²) in [6.45, 7) is 0. The van der Waals surface area contributed by atoms with E-state index in [1.807, 2.05) is 12.1 Å². The van der Waals surface area contributed by atoms with Crippen molar-refractivity contribution in [3.8, 4) is 16.9 Å². The zero-order valence-electron chi connectivity index (χ0n) is 14.1. The van der Waals surface area contributed by atoms with Gasteiger partial charge >= 0.3 is 0 Å². The minimum Gasteiger partial charge on any atom is -0.508 e. The Morgan fingerprint density at radius 2 is 1.76 bits per heavy atom. The monoisotopic (exact) mass is 324 g/mol. The highest BCUT2D eigenvalue weighted by Crippen LogP contribution is 2.44. The molecular formula is C24H20O. The average Bonchev–Trinajstić information content (AvgIpc) is 2.67. The molecule has 0 fully saturated rings. The van der Waals surface area contributed by atoms with Crippen molar-refractivity contribution in [2.45, 2.75) is 25.2 Å². The van der Waals surface area contributed by atoms with Crippen molar-refractivity contribution in [2.24, 2.45) is 0 Å². The molecule has 5 rings (SSSR count). The number of rotatable bonds is 1. The predicted octanol–water partition coefficient (Wildman–Crippen LogP) is 5.71. The fourth-order valence-electron chi connectivity index (χ4n) is 4.52. The van der Waals surface area contributed by atoms with Gasteiger partial charge in [-0.1, -0.05) is 60.7 Å². The summed E-state index contributed by atoms with van der Waals surface area (Å²) in [5, 5.41) is 9.94. The van der Waals surface area contributed by atoms with E-state index in [0.29, 0.717) is 11.7 Å². The van der Waals surface area contributed by atoms with Crippen LogP contribution in [0, 0.1) is 0 Å². The molecule has 2 aliphatic rings. The van der Waals surface area contributed by atoms with Gasteiger partial charge in [0, 0.05) is 5.92 Å². The fraction of sp³-hybridized carbons (Fsp3) is 0.167. The van der Waals surface area contributed by atoms with Gasteiger partial charge in [0.2, 0.25) is 0 Å². The van der Waals surface area contributed by atoms with E-state index in [0.717, 1.165) is 19.3 Å². The third kappa shape index (κ3) is 2.31. The van der Waals surface area contributed by atoms with Crippen LogP contribution in [0.5, 0.6) is 5.75 Å². The van der Waals surface area contributed by atoms with E-state index in [1.54, 1.807) is 6.07 Å². The number of hydrogen-bond acceptors (Lipinski definition) is 1. The lowest BCUT2D eigenvalue weighted by molar-refractivity contribution is 0.474. The highest BCUT2D eigenvalue weighted by atomic mass is 16.3. The Kier molecular flexibility index (Phi) is 3.27. The summed E-state index contributed by atoms with van der Waals surface area (Å²) in [5.74, 6) is 0.677. The van der Waals surface area contributed by atoms with Gasteiger partial charge in [-0.3, -0.25) is 0 Å². The molecule has 0 aromatic heterocycles. The Morgan fingerprint density at radius 1 is 0.840 bits per heavy atom. The summed E-state index contributed by atoms with van der Waals surface area (Å²) in [5.41, 5.74) is 9.72. The van der Waals surface area contributed by atoms with E-state index in [-0.39, 0.29) is 0 Å². The van der Waals surface area contributed by atoms with Crippen LogP contribution in [-0.4, -0.2) is 5.11 Å². The number of phenolic OH excluding ortho intramolecular Hbond substituents is 1. The molecule has 1 atom stereocenters. The second kappa shape index (κ2) is 5.63. The summed E-state index contributed by atoms with van der Waals surface area (Å²) in [7, 11) is 0.